The lowest BCUT2D eigenvalue weighted by Gasteiger charge is -2.11. The van der Waals surface area contributed by atoms with Crippen molar-refractivity contribution in [1.82, 2.24) is 14.8 Å². The smallest absolute Gasteiger partial charge is 0.284 e. The summed E-state index contributed by atoms with van der Waals surface area (Å²) in [6, 6.07) is 11.1. The number of nitro benzene ring substituents is 1. The lowest BCUT2D eigenvalue weighted by Crippen LogP contribution is -2.11. The van der Waals surface area contributed by atoms with Crippen LogP contribution >= 0.6 is 11.8 Å². The number of aryl methyl sites for hydroxylation is 1. The van der Waals surface area contributed by atoms with Crippen LogP contribution in [0.25, 0.3) is 5.69 Å². The Morgan fingerprint density at radius 3 is 2.62 bits per heavy atom. The molecule has 10 nitrogen and oxygen atoms in total. The average Bonchev–Trinajstić information content (AvgIpc) is 3.01. The standard InChI is InChI=1S/C18H16N6O4S/c1-10-21-22-18(23(10)14-5-3-4-13(9-14)20-11(2)25)29-16-7-6-12(17(19)26)8-15(16)24(27)28/h3-9H,1-2H3,(H2,19,26)(H,20,25). The number of primary amides is 1. The van der Waals surface area contributed by atoms with Crippen LogP contribution in [0.4, 0.5) is 11.4 Å². The molecule has 1 heterocycles. The van der Waals surface area contributed by atoms with Gasteiger partial charge in [-0.15, -0.1) is 10.2 Å². The summed E-state index contributed by atoms with van der Waals surface area (Å²) in [7, 11) is 0. The molecule has 0 aliphatic heterocycles. The van der Waals surface area contributed by atoms with Gasteiger partial charge in [0.25, 0.3) is 5.69 Å². The van der Waals surface area contributed by atoms with E-state index in [-0.39, 0.29) is 22.1 Å². The molecule has 0 fully saturated rings. The Hall–Kier alpha value is -3.73. The normalized spacial score (nSPS) is 10.6. The summed E-state index contributed by atoms with van der Waals surface area (Å²) in [5.41, 5.74) is 6.27. The molecule has 11 heteroatoms. The predicted octanol–water partition coefficient (Wildman–Crippen LogP) is 2.69. The van der Waals surface area contributed by atoms with E-state index in [2.05, 4.69) is 15.5 Å². The Bertz CT molecular complexity index is 1130. The number of hydrogen-bond donors (Lipinski definition) is 2. The molecule has 0 aliphatic rings. The first-order valence-electron chi connectivity index (χ1n) is 8.32. The van der Waals surface area contributed by atoms with Crippen LogP contribution in [0, 0.1) is 17.0 Å². The zero-order chi connectivity index (χ0) is 21.1. The molecule has 1 aromatic heterocycles. The number of amides is 2. The zero-order valence-electron chi connectivity index (χ0n) is 15.4. The molecule has 0 spiro atoms. The highest BCUT2D eigenvalue weighted by Crippen LogP contribution is 2.36. The molecule has 29 heavy (non-hydrogen) atoms. The maximum atomic E-state index is 11.5. The molecular formula is C18H16N6O4S. The van der Waals surface area contributed by atoms with Gasteiger partial charge in [0.05, 0.1) is 15.5 Å². The molecule has 3 N–H and O–H groups in total. The maximum absolute atomic E-state index is 11.5. The van der Waals surface area contributed by atoms with E-state index in [4.69, 9.17) is 5.73 Å². The molecule has 2 aromatic carbocycles. The molecule has 0 saturated heterocycles. The second-order valence-corrected chi connectivity index (χ2v) is 7.01. The van der Waals surface area contributed by atoms with Gasteiger partial charge in [0, 0.05) is 24.2 Å². The highest BCUT2D eigenvalue weighted by Gasteiger charge is 2.21. The maximum Gasteiger partial charge on any atom is 0.284 e. The average molecular weight is 412 g/mol. The number of nitro groups is 1. The minimum absolute atomic E-state index is 0.0432. The van der Waals surface area contributed by atoms with Crippen LogP contribution in [0.2, 0.25) is 0 Å². The van der Waals surface area contributed by atoms with Crippen molar-refractivity contribution in [2.75, 3.05) is 5.32 Å². The number of carbonyl (C=O) groups excluding carboxylic acids is 2. The van der Waals surface area contributed by atoms with Gasteiger partial charge >= 0.3 is 0 Å². The number of carbonyl (C=O) groups is 2. The van der Waals surface area contributed by atoms with Crippen molar-refractivity contribution in [3.63, 3.8) is 0 Å². The van der Waals surface area contributed by atoms with Crippen LogP contribution in [0.3, 0.4) is 0 Å². The number of nitrogens with zero attached hydrogens (tertiary/aromatic N) is 4. The van der Waals surface area contributed by atoms with E-state index in [0.29, 0.717) is 22.4 Å². The second kappa shape index (κ2) is 8.10. The van der Waals surface area contributed by atoms with Gasteiger partial charge in [-0.1, -0.05) is 6.07 Å². The minimum atomic E-state index is -0.751. The third-order valence-corrected chi connectivity index (χ3v) is 4.87. The van der Waals surface area contributed by atoms with Crippen LogP contribution in [-0.4, -0.2) is 31.5 Å². The molecule has 0 atom stereocenters. The number of nitrogens with two attached hydrogens (primary N) is 1. The van der Waals surface area contributed by atoms with Gasteiger partial charge in [-0.2, -0.15) is 0 Å². The Balaban J connectivity index is 2.02. The van der Waals surface area contributed by atoms with Crippen LogP contribution < -0.4 is 11.1 Å². The number of anilines is 1. The monoisotopic (exact) mass is 412 g/mol. The molecule has 0 radical (unpaired) electrons. The first kappa shape index (κ1) is 20.0. The number of nitrogens with one attached hydrogen (secondary N) is 1. The highest BCUT2D eigenvalue weighted by molar-refractivity contribution is 7.99. The van der Waals surface area contributed by atoms with Crippen molar-refractivity contribution < 1.29 is 14.5 Å². The number of benzene rings is 2. The molecule has 0 saturated carbocycles. The van der Waals surface area contributed by atoms with E-state index in [1.165, 1.54) is 19.1 Å². The first-order valence-corrected chi connectivity index (χ1v) is 9.14. The fraction of sp³-hybridized carbons (Fsp3) is 0.111. The second-order valence-electron chi connectivity index (χ2n) is 6.00. The van der Waals surface area contributed by atoms with Gasteiger partial charge in [0.2, 0.25) is 17.0 Å². The minimum Gasteiger partial charge on any atom is -0.366 e. The van der Waals surface area contributed by atoms with Crippen molar-refractivity contribution in [3.05, 3.63) is 64.0 Å². The lowest BCUT2D eigenvalue weighted by molar-refractivity contribution is -0.387. The first-order chi connectivity index (χ1) is 13.8. The summed E-state index contributed by atoms with van der Waals surface area (Å²) in [4.78, 5) is 33.8. The number of aromatic nitrogens is 3. The van der Waals surface area contributed by atoms with E-state index in [0.717, 1.165) is 17.8 Å². The lowest BCUT2D eigenvalue weighted by atomic mass is 10.2. The number of rotatable bonds is 6. The summed E-state index contributed by atoms with van der Waals surface area (Å²) in [5.74, 6) is -0.398. The summed E-state index contributed by atoms with van der Waals surface area (Å²) in [5, 5.41) is 22.7. The quantitative estimate of drug-likeness (QED) is 0.467. The summed E-state index contributed by atoms with van der Waals surface area (Å²) in [6.45, 7) is 3.15. The van der Waals surface area contributed by atoms with Crippen molar-refractivity contribution in [1.29, 1.82) is 0 Å². The van der Waals surface area contributed by atoms with Crippen molar-refractivity contribution in [2.24, 2.45) is 5.73 Å². The Morgan fingerprint density at radius 1 is 1.21 bits per heavy atom. The van der Waals surface area contributed by atoms with Crippen molar-refractivity contribution in [2.45, 2.75) is 23.9 Å². The molecule has 0 unspecified atom stereocenters. The summed E-state index contributed by atoms with van der Waals surface area (Å²) >= 11 is 1.03. The van der Waals surface area contributed by atoms with E-state index in [9.17, 15) is 19.7 Å². The zero-order valence-corrected chi connectivity index (χ0v) is 16.3. The SMILES string of the molecule is CC(=O)Nc1cccc(-n2c(C)nnc2Sc2ccc(C(N)=O)cc2[N+](=O)[O-])c1. The van der Waals surface area contributed by atoms with E-state index >= 15 is 0 Å². The molecular weight excluding hydrogens is 396 g/mol. The number of hydrogen-bond acceptors (Lipinski definition) is 7. The van der Waals surface area contributed by atoms with Crippen LogP contribution in [0.5, 0.6) is 0 Å². The predicted molar refractivity (Wildman–Crippen MR) is 106 cm³/mol. The van der Waals surface area contributed by atoms with Gasteiger partial charge in [0.15, 0.2) is 0 Å². The topological polar surface area (TPSA) is 146 Å². The fourth-order valence-electron chi connectivity index (χ4n) is 2.63. The summed E-state index contributed by atoms with van der Waals surface area (Å²) < 4.78 is 1.71. The van der Waals surface area contributed by atoms with Crippen LogP contribution in [-0.2, 0) is 4.79 Å². The van der Waals surface area contributed by atoms with E-state index in [1.807, 2.05) is 0 Å². The molecule has 2 amide bonds. The molecule has 3 aromatic rings. The van der Waals surface area contributed by atoms with E-state index in [1.54, 1.807) is 35.8 Å². The third kappa shape index (κ3) is 4.41. The van der Waals surface area contributed by atoms with Gasteiger partial charge in [-0.25, -0.2) is 0 Å². The van der Waals surface area contributed by atoms with Gasteiger partial charge in [-0.05, 0) is 49.0 Å². The molecule has 148 valence electrons. The van der Waals surface area contributed by atoms with Gasteiger partial charge in [0.1, 0.15) is 5.82 Å². The van der Waals surface area contributed by atoms with Crippen LogP contribution in [0.15, 0.2) is 52.5 Å². The molecule has 3 rings (SSSR count). The van der Waals surface area contributed by atoms with Crippen molar-refractivity contribution in [3.8, 4) is 5.69 Å². The Labute approximate surface area is 169 Å². The van der Waals surface area contributed by atoms with Crippen LogP contribution in [0.1, 0.15) is 23.1 Å². The highest BCUT2D eigenvalue weighted by atomic mass is 32.2. The Morgan fingerprint density at radius 2 is 1.97 bits per heavy atom. The Kier molecular flexibility index (Phi) is 5.59. The van der Waals surface area contributed by atoms with Gasteiger partial charge in [-0.3, -0.25) is 24.3 Å². The summed E-state index contributed by atoms with van der Waals surface area (Å²) in [6.07, 6.45) is 0. The van der Waals surface area contributed by atoms with E-state index < -0.39 is 10.8 Å². The fourth-order valence-corrected chi connectivity index (χ4v) is 3.61. The van der Waals surface area contributed by atoms with Crippen molar-refractivity contribution >= 4 is 35.0 Å². The molecule has 0 aliphatic carbocycles. The van der Waals surface area contributed by atoms with Gasteiger partial charge < -0.3 is 11.1 Å². The molecule has 0 bridgehead atoms. The third-order valence-electron chi connectivity index (χ3n) is 3.86. The largest absolute Gasteiger partial charge is 0.366 e.